The van der Waals surface area contributed by atoms with E-state index in [1.165, 1.54) is 65.9 Å². The van der Waals surface area contributed by atoms with Crippen molar-refractivity contribution < 1.29 is 0 Å². The van der Waals surface area contributed by atoms with Gasteiger partial charge in [-0.2, -0.15) is 0 Å². The number of rotatable bonds is 4. The third-order valence-electron chi connectivity index (χ3n) is 8.93. The first-order valence-electron chi connectivity index (χ1n) is 15.1. The summed E-state index contributed by atoms with van der Waals surface area (Å²) in [5, 5.41) is 5.04. The van der Waals surface area contributed by atoms with Crippen molar-refractivity contribution in [2.45, 2.75) is 0 Å². The van der Waals surface area contributed by atoms with Crippen LogP contribution in [-0.2, 0) is 0 Å². The highest BCUT2D eigenvalue weighted by Gasteiger charge is 2.21. The van der Waals surface area contributed by atoms with Crippen LogP contribution in [0.5, 0.6) is 0 Å². The molecule has 206 valence electrons. The standard InChI is InChI=1S/C42H28N2/c1-3-15-29(16-4-1)43-39-27-11-9-21-33(39)37-25-13-23-35(41(37)43)31-19-7-8-20-32(31)36-24-14-26-38-34-22-10-12-28-40(34)44(42(36)38)30-17-5-2-6-18-30/h1-28H. The van der Waals surface area contributed by atoms with Crippen molar-refractivity contribution >= 4 is 43.6 Å². The summed E-state index contributed by atoms with van der Waals surface area (Å²) in [5.41, 5.74) is 12.1. The van der Waals surface area contributed by atoms with Crippen molar-refractivity contribution in [3.8, 4) is 33.6 Å². The normalized spacial score (nSPS) is 11.6. The van der Waals surface area contributed by atoms with Crippen LogP contribution in [0, 0.1) is 0 Å². The molecule has 0 atom stereocenters. The lowest BCUT2D eigenvalue weighted by Crippen LogP contribution is -1.97. The smallest absolute Gasteiger partial charge is 0.0619 e. The van der Waals surface area contributed by atoms with E-state index in [0.717, 1.165) is 11.4 Å². The molecular formula is C42H28N2. The van der Waals surface area contributed by atoms with Gasteiger partial charge in [0.1, 0.15) is 0 Å². The average molecular weight is 561 g/mol. The Labute approximate surface area is 255 Å². The molecule has 2 nitrogen and oxygen atoms in total. The second kappa shape index (κ2) is 9.86. The van der Waals surface area contributed by atoms with Gasteiger partial charge < -0.3 is 9.13 Å². The van der Waals surface area contributed by atoms with Gasteiger partial charge in [0.2, 0.25) is 0 Å². The summed E-state index contributed by atoms with van der Waals surface area (Å²) in [4.78, 5) is 0. The molecule has 9 aromatic rings. The van der Waals surface area contributed by atoms with E-state index in [1.807, 2.05) is 0 Å². The first-order chi connectivity index (χ1) is 21.9. The van der Waals surface area contributed by atoms with Gasteiger partial charge in [0.25, 0.3) is 0 Å². The minimum atomic E-state index is 1.16. The molecule has 2 heterocycles. The minimum Gasteiger partial charge on any atom is -0.309 e. The summed E-state index contributed by atoms with van der Waals surface area (Å²) >= 11 is 0. The van der Waals surface area contributed by atoms with Crippen LogP contribution >= 0.6 is 0 Å². The predicted octanol–water partition coefficient (Wildman–Crippen LogP) is 11.2. The van der Waals surface area contributed by atoms with Crippen LogP contribution in [0.2, 0.25) is 0 Å². The number of fused-ring (bicyclic) bond motifs is 6. The third kappa shape index (κ3) is 3.61. The third-order valence-corrected chi connectivity index (χ3v) is 8.93. The highest BCUT2D eigenvalue weighted by atomic mass is 15.0. The summed E-state index contributed by atoms with van der Waals surface area (Å²) in [6.45, 7) is 0. The van der Waals surface area contributed by atoms with Crippen molar-refractivity contribution in [1.29, 1.82) is 0 Å². The molecule has 0 saturated carbocycles. The summed E-state index contributed by atoms with van der Waals surface area (Å²) in [5.74, 6) is 0. The molecule has 0 saturated heterocycles. The topological polar surface area (TPSA) is 9.86 Å². The van der Waals surface area contributed by atoms with Crippen LogP contribution in [0.25, 0.3) is 77.2 Å². The fraction of sp³-hybridized carbons (Fsp3) is 0. The fourth-order valence-electron chi connectivity index (χ4n) is 7.12. The van der Waals surface area contributed by atoms with E-state index < -0.39 is 0 Å². The molecule has 0 N–H and O–H groups in total. The van der Waals surface area contributed by atoms with Crippen molar-refractivity contribution in [2.24, 2.45) is 0 Å². The summed E-state index contributed by atoms with van der Waals surface area (Å²) in [7, 11) is 0. The molecule has 0 amide bonds. The van der Waals surface area contributed by atoms with Crippen LogP contribution in [0.4, 0.5) is 0 Å². The highest BCUT2D eigenvalue weighted by Crippen LogP contribution is 2.44. The lowest BCUT2D eigenvalue weighted by atomic mass is 9.92. The Balaban J connectivity index is 1.40. The van der Waals surface area contributed by atoms with Crippen LogP contribution in [0.3, 0.4) is 0 Å². The molecule has 9 rings (SSSR count). The first kappa shape index (κ1) is 24.7. The van der Waals surface area contributed by atoms with E-state index in [4.69, 9.17) is 0 Å². The molecular weight excluding hydrogens is 532 g/mol. The van der Waals surface area contributed by atoms with Crippen molar-refractivity contribution in [2.75, 3.05) is 0 Å². The molecule has 0 fully saturated rings. The number of para-hydroxylation sites is 6. The maximum absolute atomic E-state index is 2.43. The quantitative estimate of drug-likeness (QED) is 0.203. The summed E-state index contributed by atoms with van der Waals surface area (Å²) in [6.07, 6.45) is 0. The van der Waals surface area contributed by atoms with E-state index >= 15 is 0 Å². The Bertz CT molecular complexity index is 2300. The van der Waals surface area contributed by atoms with Gasteiger partial charge in [-0.25, -0.2) is 0 Å². The van der Waals surface area contributed by atoms with Crippen molar-refractivity contribution in [3.63, 3.8) is 0 Å². The monoisotopic (exact) mass is 560 g/mol. The first-order valence-corrected chi connectivity index (χ1v) is 15.1. The zero-order valence-electron chi connectivity index (χ0n) is 24.1. The molecule has 44 heavy (non-hydrogen) atoms. The Morgan fingerprint density at radius 2 is 0.591 bits per heavy atom. The van der Waals surface area contributed by atoms with Gasteiger partial charge in [0.05, 0.1) is 22.1 Å². The molecule has 7 aromatic carbocycles. The van der Waals surface area contributed by atoms with Gasteiger partial charge >= 0.3 is 0 Å². The van der Waals surface area contributed by atoms with Crippen LogP contribution in [0.15, 0.2) is 170 Å². The second-order valence-corrected chi connectivity index (χ2v) is 11.3. The number of nitrogens with zero attached hydrogens (tertiary/aromatic N) is 2. The van der Waals surface area contributed by atoms with E-state index in [9.17, 15) is 0 Å². The average Bonchev–Trinajstić information content (AvgIpc) is 3.62. The molecule has 0 aliphatic carbocycles. The van der Waals surface area contributed by atoms with Gasteiger partial charge in [-0.1, -0.05) is 133 Å². The zero-order valence-corrected chi connectivity index (χ0v) is 24.1. The minimum absolute atomic E-state index is 1.16. The van der Waals surface area contributed by atoms with Gasteiger partial charge in [0.15, 0.2) is 0 Å². The summed E-state index contributed by atoms with van der Waals surface area (Å²) in [6, 6.07) is 61.4. The second-order valence-electron chi connectivity index (χ2n) is 11.3. The van der Waals surface area contributed by atoms with Gasteiger partial charge in [-0.05, 0) is 47.5 Å². The number of benzene rings is 7. The van der Waals surface area contributed by atoms with Gasteiger partial charge in [0, 0.05) is 44.0 Å². The molecule has 0 aliphatic heterocycles. The molecule has 0 aliphatic rings. The Kier molecular flexibility index (Phi) is 5.54. The predicted molar refractivity (Wildman–Crippen MR) is 186 cm³/mol. The Morgan fingerprint density at radius 1 is 0.250 bits per heavy atom. The zero-order chi connectivity index (χ0) is 29.0. The van der Waals surface area contributed by atoms with Crippen molar-refractivity contribution in [3.05, 3.63) is 170 Å². The number of hydrogen-bond donors (Lipinski definition) is 0. The molecule has 0 unspecified atom stereocenters. The number of hydrogen-bond acceptors (Lipinski definition) is 0. The lowest BCUT2D eigenvalue weighted by molar-refractivity contribution is 1.18. The molecule has 0 radical (unpaired) electrons. The van der Waals surface area contributed by atoms with Crippen LogP contribution in [0.1, 0.15) is 0 Å². The van der Waals surface area contributed by atoms with Gasteiger partial charge in [-0.15, -0.1) is 0 Å². The largest absolute Gasteiger partial charge is 0.309 e. The molecule has 2 aromatic heterocycles. The van der Waals surface area contributed by atoms with Gasteiger partial charge in [-0.3, -0.25) is 0 Å². The SMILES string of the molecule is c1ccc(-n2c3ccccc3c3cccc(-c4ccccc4-c4cccc5c6ccccc6n(-c6ccccc6)c45)c32)cc1. The van der Waals surface area contributed by atoms with E-state index in [0.29, 0.717) is 0 Å². The van der Waals surface area contributed by atoms with Crippen LogP contribution in [-0.4, -0.2) is 9.13 Å². The van der Waals surface area contributed by atoms with E-state index in [-0.39, 0.29) is 0 Å². The molecule has 2 heteroatoms. The molecule has 0 bridgehead atoms. The van der Waals surface area contributed by atoms with Crippen LogP contribution < -0.4 is 0 Å². The maximum atomic E-state index is 2.43. The summed E-state index contributed by atoms with van der Waals surface area (Å²) < 4.78 is 4.86. The van der Waals surface area contributed by atoms with Crippen molar-refractivity contribution in [1.82, 2.24) is 9.13 Å². The number of aromatic nitrogens is 2. The van der Waals surface area contributed by atoms with E-state index in [1.54, 1.807) is 0 Å². The van der Waals surface area contributed by atoms with E-state index in [2.05, 4.69) is 179 Å². The lowest BCUT2D eigenvalue weighted by Gasteiger charge is -2.17. The molecule has 0 spiro atoms. The highest BCUT2D eigenvalue weighted by molar-refractivity contribution is 6.17. The maximum Gasteiger partial charge on any atom is 0.0619 e. The Hall–Kier alpha value is -5.86. The fourth-order valence-corrected chi connectivity index (χ4v) is 7.12. The Morgan fingerprint density at radius 3 is 1.05 bits per heavy atom.